The molecule has 0 radical (unpaired) electrons. The van der Waals surface area contributed by atoms with Gasteiger partial charge in [0.25, 0.3) is 0 Å². The first kappa shape index (κ1) is 6.39. The van der Waals surface area contributed by atoms with E-state index in [1.165, 1.54) is 0 Å². The molecule has 1 fully saturated rings. The third-order valence-electron chi connectivity index (χ3n) is 1.82. The van der Waals surface area contributed by atoms with Crippen LogP contribution in [0.5, 0.6) is 0 Å². The van der Waals surface area contributed by atoms with Gasteiger partial charge in [-0.2, -0.15) is 0 Å². The second-order valence-corrected chi connectivity index (χ2v) is 2.56. The first-order valence-electron chi connectivity index (χ1n) is 3.66. The predicted molar refractivity (Wildman–Crippen MR) is 39.6 cm³/mol. The molecule has 4 nitrogen and oxygen atoms in total. The number of imidazole rings is 1. The van der Waals surface area contributed by atoms with Gasteiger partial charge in [0.1, 0.15) is 6.33 Å². The van der Waals surface area contributed by atoms with Gasteiger partial charge in [0.15, 0.2) is 0 Å². The molecule has 1 aliphatic rings. The highest BCUT2D eigenvalue weighted by atomic mass is 16.2. The molecule has 11 heavy (non-hydrogen) atoms. The van der Waals surface area contributed by atoms with Gasteiger partial charge < -0.3 is 0 Å². The maximum absolute atomic E-state index is 11.2. The number of hydrogen-bond donors (Lipinski definition) is 0. The number of hydrogen-bond acceptors (Lipinski definition) is 2. The number of amides is 1. The van der Waals surface area contributed by atoms with Crippen LogP contribution in [0.25, 0.3) is 0 Å². The van der Waals surface area contributed by atoms with Crippen molar-refractivity contribution in [2.75, 3.05) is 11.6 Å². The maximum atomic E-state index is 11.2. The normalized spacial score (nSPS) is 17.8. The fraction of sp³-hybridized carbons (Fsp3) is 0.429. The topological polar surface area (TPSA) is 38.1 Å². The molecule has 58 valence electrons. The standard InChI is InChI=1S/C7H9N3O/c11-7-2-1-4-10(7)9-5-3-8-6-9/h3,5-6H,1-2,4H2. The molecule has 0 spiro atoms. The Labute approximate surface area is 64.4 Å². The summed E-state index contributed by atoms with van der Waals surface area (Å²) in [6.07, 6.45) is 6.72. The molecular weight excluding hydrogens is 142 g/mol. The summed E-state index contributed by atoms with van der Waals surface area (Å²) >= 11 is 0. The Morgan fingerprint density at radius 2 is 2.45 bits per heavy atom. The van der Waals surface area contributed by atoms with E-state index in [1.807, 2.05) is 0 Å². The third kappa shape index (κ3) is 1.00. The summed E-state index contributed by atoms with van der Waals surface area (Å²) in [7, 11) is 0. The van der Waals surface area contributed by atoms with Crippen LogP contribution < -0.4 is 5.01 Å². The fourth-order valence-electron chi connectivity index (χ4n) is 1.27. The van der Waals surface area contributed by atoms with E-state index in [4.69, 9.17) is 0 Å². The van der Waals surface area contributed by atoms with Crippen molar-refractivity contribution in [2.45, 2.75) is 12.8 Å². The zero-order valence-electron chi connectivity index (χ0n) is 6.10. The zero-order valence-corrected chi connectivity index (χ0v) is 6.10. The summed E-state index contributed by atoms with van der Waals surface area (Å²) in [5, 5.41) is 1.70. The maximum Gasteiger partial charge on any atom is 0.241 e. The highest BCUT2D eigenvalue weighted by molar-refractivity contribution is 5.87. The van der Waals surface area contributed by atoms with E-state index >= 15 is 0 Å². The van der Waals surface area contributed by atoms with Crippen LogP contribution >= 0.6 is 0 Å². The predicted octanol–water partition coefficient (Wildman–Crippen LogP) is 0.142. The Hall–Kier alpha value is -1.32. The summed E-state index contributed by atoms with van der Waals surface area (Å²) in [4.78, 5) is 15.0. The smallest absolute Gasteiger partial charge is 0.241 e. The van der Waals surface area contributed by atoms with Crippen LogP contribution in [-0.4, -0.2) is 22.1 Å². The van der Waals surface area contributed by atoms with Crippen molar-refractivity contribution >= 4 is 5.91 Å². The molecule has 1 aromatic rings. The summed E-state index contributed by atoms with van der Waals surface area (Å²) < 4.78 is 1.73. The van der Waals surface area contributed by atoms with Gasteiger partial charge in [-0.15, -0.1) is 0 Å². The van der Waals surface area contributed by atoms with Crippen molar-refractivity contribution < 1.29 is 4.79 Å². The molecule has 0 N–H and O–H groups in total. The molecule has 0 unspecified atom stereocenters. The summed E-state index contributed by atoms with van der Waals surface area (Å²) in [6.45, 7) is 0.815. The first-order valence-corrected chi connectivity index (χ1v) is 3.66. The molecule has 0 aliphatic carbocycles. The Kier molecular flexibility index (Phi) is 1.38. The van der Waals surface area contributed by atoms with Crippen LogP contribution in [0.3, 0.4) is 0 Å². The number of carbonyl (C=O) groups is 1. The Morgan fingerprint density at radius 1 is 1.55 bits per heavy atom. The lowest BCUT2D eigenvalue weighted by Crippen LogP contribution is -2.34. The molecule has 2 heterocycles. The monoisotopic (exact) mass is 151 g/mol. The Morgan fingerprint density at radius 3 is 3.00 bits per heavy atom. The van der Waals surface area contributed by atoms with E-state index in [2.05, 4.69) is 4.98 Å². The molecular formula is C7H9N3O. The lowest BCUT2D eigenvalue weighted by atomic mass is 10.4. The molecule has 0 atom stereocenters. The van der Waals surface area contributed by atoms with E-state index in [0.29, 0.717) is 6.42 Å². The third-order valence-corrected chi connectivity index (χ3v) is 1.82. The van der Waals surface area contributed by atoms with E-state index in [1.54, 1.807) is 28.4 Å². The highest BCUT2D eigenvalue weighted by Gasteiger charge is 2.20. The number of carbonyl (C=O) groups excluding carboxylic acids is 1. The average Bonchev–Trinajstić information content (AvgIpc) is 2.55. The number of aromatic nitrogens is 2. The van der Waals surface area contributed by atoms with Gasteiger partial charge in [-0.05, 0) is 6.42 Å². The van der Waals surface area contributed by atoms with Crippen LogP contribution in [-0.2, 0) is 4.79 Å². The van der Waals surface area contributed by atoms with E-state index in [-0.39, 0.29) is 5.91 Å². The van der Waals surface area contributed by atoms with Crippen molar-refractivity contribution in [3.8, 4) is 0 Å². The van der Waals surface area contributed by atoms with E-state index < -0.39 is 0 Å². The molecule has 0 saturated carbocycles. The molecule has 1 amide bonds. The number of rotatable bonds is 1. The van der Waals surface area contributed by atoms with Gasteiger partial charge in [0.05, 0.1) is 0 Å². The first-order chi connectivity index (χ1) is 5.38. The van der Waals surface area contributed by atoms with Crippen LogP contribution in [0, 0.1) is 0 Å². The summed E-state index contributed by atoms with van der Waals surface area (Å²) in [5.74, 6) is 0.183. The van der Waals surface area contributed by atoms with E-state index in [9.17, 15) is 4.79 Å². The minimum atomic E-state index is 0.183. The minimum Gasteiger partial charge on any atom is -0.273 e. The Balaban J connectivity index is 2.23. The van der Waals surface area contributed by atoms with Crippen molar-refractivity contribution in [3.63, 3.8) is 0 Å². The molecule has 1 saturated heterocycles. The fourth-order valence-corrected chi connectivity index (χ4v) is 1.27. The summed E-state index contributed by atoms with van der Waals surface area (Å²) in [6, 6.07) is 0. The second-order valence-electron chi connectivity index (χ2n) is 2.56. The number of nitrogens with zero attached hydrogens (tertiary/aromatic N) is 3. The molecule has 4 heteroatoms. The second kappa shape index (κ2) is 2.38. The van der Waals surface area contributed by atoms with Gasteiger partial charge in [0, 0.05) is 25.4 Å². The van der Waals surface area contributed by atoms with Crippen molar-refractivity contribution in [1.29, 1.82) is 0 Å². The lowest BCUT2D eigenvalue weighted by Gasteiger charge is -2.15. The quantitative estimate of drug-likeness (QED) is 0.572. The van der Waals surface area contributed by atoms with Crippen molar-refractivity contribution in [2.24, 2.45) is 0 Å². The van der Waals surface area contributed by atoms with E-state index in [0.717, 1.165) is 13.0 Å². The Bertz CT molecular complexity index is 255. The van der Waals surface area contributed by atoms with Crippen LogP contribution in [0.2, 0.25) is 0 Å². The average molecular weight is 151 g/mol. The van der Waals surface area contributed by atoms with Gasteiger partial charge in [0.2, 0.25) is 5.91 Å². The van der Waals surface area contributed by atoms with Crippen LogP contribution in [0.4, 0.5) is 0 Å². The molecule has 2 rings (SSSR count). The van der Waals surface area contributed by atoms with Crippen molar-refractivity contribution in [1.82, 2.24) is 9.66 Å². The van der Waals surface area contributed by atoms with Gasteiger partial charge in [-0.1, -0.05) is 0 Å². The van der Waals surface area contributed by atoms with Crippen LogP contribution in [0.15, 0.2) is 18.7 Å². The lowest BCUT2D eigenvalue weighted by molar-refractivity contribution is -0.118. The molecule has 0 aromatic carbocycles. The minimum absolute atomic E-state index is 0.183. The largest absolute Gasteiger partial charge is 0.273 e. The highest BCUT2D eigenvalue weighted by Crippen LogP contribution is 2.07. The zero-order chi connectivity index (χ0) is 7.68. The van der Waals surface area contributed by atoms with Crippen LogP contribution in [0.1, 0.15) is 12.8 Å². The molecule has 1 aromatic heterocycles. The molecule has 1 aliphatic heterocycles. The van der Waals surface area contributed by atoms with Gasteiger partial charge in [-0.25, -0.2) is 14.7 Å². The SMILES string of the molecule is O=C1CCCN1n1ccnc1. The van der Waals surface area contributed by atoms with Crippen molar-refractivity contribution in [3.05, 3.63) is 18.7 Å². The van der Waals surface area contributed by atoms with Gasteiger partial charge >= 0.3 is 0 Å². The molecule has 0 bridgehead atoms. The van der Waals surface area contributed by atoms with Gasteiger partial charge in [-0.3, -0.25) is 4.79 Å². The summed E-state index contributed by atoms with van der Waals surface area (Å²) in [5.41, 5.74) is 0.